The van der Waals surface area contributed by atoms with Crippen LogP contribution in [0.5, 0.6) is 23.0 Å². The summed E-state index contributed by atoms with van der Waals surface area (Å²) in [5.74, 6) is 2.17. The maximum Gasteiger partial charge on any atom is 0.269 e. The van der Waals surface area contributed by atoms with Gasteiger partial charge in [0.2, 0.25) is 0 Å². The summed E-state index contributed by atoms with van der Waals surface area (Å²) in [5.41, 5.74) is 2.18. The molecule has 0 aliphatic rings. The van der Waals surface area contributed by atoms with Crippen LogP contribution in [-0.4, -0.2) is 31.2 Å². The second-order valence-electron chi connectivity index (χ2n) is 7.64. The van der Waals surface area contributed by atoms with E-state index in [-0.39, 0.29) is 17.2 Å². The molecule has 0 bridgehead atoms. The van der Waals surface area contributed by atoms with Gasteiger partial charge >= 0.3 is 0 Å². The molecule has 1 heterocycles. The molecule has 0 atom stereocenters. The lowest BCUT2D eigenvalue weighted by molar-refractivity contribution is 0.0947. The zero-order valence-corrected chi connectivity index (χ0v) is 19.5. The highest BCUT2D eigenvalue weighted by Crippen LogP contribution is 2.30. The van der Waals surface area contributed by atoms with Gasteiger partial charge in [-0.1, -0.05) is 36.4 Å². The summed E-state index contributed by atoms with van der Waals surface area (Å²) in [5, 5.41) is 12.6. The van der Waals surface area contributed by atoms with Gasteiger partial charge in [0.05, 0.1) is 25.5 Å². The lowest BCUT2D eigenvalue weighted by Crippen LogP contribution is -2.28. The standard InChI is InChI=1S/C28H25N3O4/c1-33-25-13-12-20(18-26(25)34-2)14-16-30-28(32)27-21(19-29)15-17-31(27)23-10-6-7-11-24(23)35-22-8-4-3-5-9-22/h3-13,15,17-18H,14,16H2,1-2H3,(H,30,32). The predicted octanol–water partition coefficient (Wildman–Crippen LogP) is 5.13. The maximum atomic E-state index is 13.2. The summed E-state index contributed by atoms with van der Waals surface area (Å²) in [4.78, 5) is 13.2. The quantitative estimate of drug-likeness (QED) is 0.369. The van der Waals surface area contributed by atoms with E-state index in [9.17, 15) is 10.1 Å². The molecule has 0 unspecified atom stereocenters. The van der Waals surface area contributed by atoms with E-state index in [1.807, 2.05) is 72.8 Å². The Hall–Kier alpha value is -4.70. The largest absolute Gasteiger partial charge is 0.493 e. The molecule has 1 N–H and O–H groups in total. The molecule has 0 aliphatic carbocycles. The van der Waals surface area contributed by atoms with Crippen molar-refractivity contribution in [3.63, 3.8) is 0 Å². The molecule has 3 aromatic carbocycles. The van der Waals surface area contributed by atoms with Crippen LogP contribution >= 0.6 is 0 Å². The normalized spacial score (nSPS) is 10.3. The minimum absolute atomic E-state index is 0.254. The van der Waals surface area contributed by atoms with Gasteiger partial charge in [-0.3, -0.25) is 4.79 Å². The lowest BCUT2D eigenvalue weighted by Gasteiger charge is -2.15. The molecule has 4 rings (SSSR count). The van der Waals surface area contributed by atoms with Gasteiger partial charge in [0, 0.05) is 12.7 Å². The highest BCUT2D eigenvalue weighted by Gasteiger charge is 2.20. The van der Waals surface area contributed by atoms with Crippen LogP contribution in [0, 0.1) is 11.3 Å². The highest BCUT2D eigenvalue weighted by atomic mass is 16.5. The first kappa shape index (κ1) is 23.5. The molecule has 176 valence electrons. The fourth-order valence-electron chi connectivity index (χ4n) is 3.75. The molecule has 0 aliphatic heterocycles. The second kappa shape index (κ2) is 10.9. The van der Waals surface area contributed by atoms with Gasteiger partial charge in [-0.05, 0) is 54.4 Å². The average Bonchev–Trinajstić information content (AvgIpc) is 3.33. The highest BCUT2D eigenvalue weighted by molar-refractivity contribution is 5.96. The van der Waals surface area contributed by atoms with E-state index >= 15 is 0 Å². The number of rotatable bonds is 9. The third kappa shape index (κ3) is 5.28. The second-order valence-corrected chi connectivity index (χ2v) is 7.64. The number of nitrogens with one attached hydrogen (secondary N) is 1. The third-order valence-electron chi connectivity index (χ3n) is 5.46. The van der Waals surface area contributed by atoms with E-state index in [4.69, 9.17) is 14.2 Å². The van der Waals surface area contributed by atoms with E-state index in [2.05, 4.69) is 11.4 Å². The fraction of sp³-hybridized carbons (Fsp3) is 0.143. The van der Waals surface area contributed by atoms with E-state index in [1.165, 1.54) is 0 Å². The van der Waals surface area contributed by atoms with Crippen molar-refractivity contribution in [2.24, 2.45) is 0 Å². The topological polar surface area (TPSA) is 85.5 Å². The number of carbonyl (C=O) groups excluding carboxylic acids is 1. The van der Waals surface area contributed by atoms with Crippen molar-refractivity contribution in [2.45, 2.75) is 6.42 Å². The first-order valence-corrected chi connectivity index (χ1v) is 11.1. The van der Waals surface area contributed by atoms with Crippen molar-refractivity contribution in [3.8, 4) is 34.8 Å². The van der Waals surface area contributed by atoms with Gasteiger partial charge in [0.15, 0.2) is 17.2 Å². The number of para-hydroxylation sites is 3. The summed E-state index contributed by atoms with van der Waals surface area (Å²) in [6.07, 6.45) is 2.29. The molecule has 35 heavy (non-hydrogen) atoms. The first-order chi connectivity index (χ1) is 17.1. The van der Waals surface area contributed by atoms with Crippen molar-refractivity contribution in [1.29, 1.82) is 5.26 Å². The van der Waals surface area contributed by atoms with Crippen LogP contribution < -0.4 is 19.5 Å². The number of carbonyl (C=O) groups is 1. The number of hydrogen-bond donors (Lipinski definition) is 1. The zero-order chi connectivity index (χ0) is 24.6. The van der Waals surface area contributed by atoms with Crippen molar-refractivity contribution in [1.82, 2.24) is 9.88 Å². The number of methoxy groups -OCH3 is 2. The maximum absolute atomic E-state index is 13.2. The molecular formula is C28H25N3O4. The number of ether oxygens (including phenoxy) is 3. The van der Waals surface area contributed by atoms with Gasteiger partial charge in [0.1, 0.15) is 17.5 Å². The molecule has 0 saturated carbocycles. The predicted molar refractivity (Wildman–Crippen MR) is 133 cm³/mol. The minimum atomic E-state index is -0.346. The van der Waals surface area contributed by atoms with Crippen molar-refractivity contribution in [3.05, 3.63) is 102 Å². The van der Waals surface area contributed by atoms with Gasteiger partial charge in [-0.15, -0.1) is 0 Å². The van der Waals surface area contributed by atoms with Gasteiger partial charge in [-0.25, -0.2) is 0 Å². The Kier molecular flexibility index (Phi) is 7.34. The molecule has 0 fully saturated rings. The number of amides is 1. The number of nitriles is 1. The molecule has 0 spiro atoms. The average molecular weight is 468 g/mol. The van der Waals surface area contributed by atoms with Crippen LogP contribution in [0.3, 0.4) is 0 Å². The molecule has 7 nitrogen and oxygen atoms in total. The Balaban J connectivity index is 1.55. The van der Waals surface area contributed by atoms with Crippen LogP contribution in [0.4, 0.5) is 0 Å². The molecule has 7 heteroatoms. The molecule has 0 saturated heterocycles. The summed E-state index contributed by atoms with van der Waals surface area (Å²) in [6, 6.07) is 26.2. The van der Waals surface area contributed by atoms with E-state index in [0.717, 1.165) is 5.56 Å². The van der Waals surface area contributed by atoms with E-state index in [1.54, 1.807) is 31.0 Å². The Morgan fingerprint density at radius 2 is 1.66 bits per heavy atom. The van der Waals surface area contributed by atoms with Crippen LogP contribution in [-0.2, 0) is 6.42 Å². The smallest absolute Gasteiger partial charge is 0.269 e. The van der Waals surface area contributed by atoms with Crippen LogP contribution in [0.1, 0.15) is 21.6 Å². The fourth-order valence-corrected chi connectivity index (χ4v) is 3.75. The third-order valence-corrected chi connectivity index (χ3v) is 5.46. The molecule has 4 aromatic rings. The van der Waals surface area contributed by atoms with Crippen LogP contribution in [0.25, 0.3) is 5.69 Å². The van der Waals surface area contributed by atoms with Crippen molar-refractivity contribution >= 4 is 5.91 Å². The Bertz CT molecular complexity index is 1360. The number of hydrogen-bond acceptors (Lipinski definition) is 5. The number of aromatic nitrogens is 1. The van der Waals surface area contributed by atoms with E-state index in [0.29, 0.717) is 41.7 Å². The zero-order valence-electron chi connectivity index (χ0n) is 19.5. The SMILES string of the molecule is COc1ccc(CCNC(=O)c2c(C#N)ccn2-c2ccccc2Oc2ccccc2)cc1OC. The van der Waals surface area contributed by atoms with E-state index < -0.39 is 0 Å². The Morgan fingerprint density at radius 3 is 2.40 bits per heavy atom. The Labute approximate surface area is 204 Å². The number of benzene rings is 3. The van der Waals surface area contributed by atoms with Crippen molar-refractivity contribution in [2.75, 3.05) is 20.8 Å². The van der Waals surface area contributed by atoms with Crippen LogP contribution in [0.15, 0.2) is 85.1 Å². The minimum Gasteiger partial charge on any atom is -0.493 e. The molecule has 1 amide bonds. The molecule has 1 aromatic heterocycles. The van der Waals surface area contributed by atoms with Crippen molar-refractivity contribution < 1.29 is 19.0 Å². The molecule has 0 radical (unpaired) electrons. The van der Waals surface area contributed by atoms with Gasteiger partial charge < -0.3 is 24.1 Å². The monoisotopic (exact) mass is 467 g/mol. The lowest BCUT2D eigenvalue weighted by atomic mass is 10.1. The summed E-state index contributed by atoms with van der Waals surface area (Å²) < 4.78 is 18.4. The summed E-state index contributed by atoms with van der Waals surface area (Å²) >= 11 is 0. The van der Waals surface area contributed by atoms with Crippen LogP contribution in [0.2, 0.25) is 0 Å². The molecular weight excluding hydrogens is 442 g/mol. The summed E-state index contributed by atoms with van der Waals surface area (Å²) in [7, 11) is 3.17. The Morgan fingerprint density at radius 1 is 0.914 bits per heavy atom. The van der Waals surface area contributed by atoms with Gasteiger partial charge in [0.25, 0.3) is 5.91 Å². The van der Waals surface area contributed by atoms with Gasteiger partial charge in [-0.2, -0.15) is 5.26 Å². The summed E-state index contributed by atoms with van der Waals surface area (Å²) in [6.45, 7) is 0.381. The number of nitrogens with zero attached hydrogens (tertiary/aromatic N) is 2. The first-order valence-electron chi connectivity index (χ1n) is 11.1.